The molecule has 1 aromatic carbocycles. The molecular weight excluding hydrogens is 228 g/mol. The molecular formula is C15H18O3. The van der Waals surface area contributed by atoms with Gasteiger partial charge in [-0.05, 0) is 18.4 Å². The van der Waals surface area contributed by atoms with Gasteiger partial charge in [0.25, 0.3) is 0 Å². The van der Waals surface area contributed by atoms with Gasteiger partial charge in [-0.15, -0.1) is 0 Å². The zero-order valence-corrected chi connectivity index (χ0v) is 10.5. The number of hydrogen-bond donors (Lipinski definition) is 0. The number of esters is 1. The maximum atomic E-state index is 11.7. The Morgan fingerprint density at radius 1 is 1.33 bits per heavy atom. The lowest BCUT2D eigenvalue weighted by molar-refractivity contribution is -0.144. The molecule has 0 bridgehead atoms. The van der Waals surface area contributed by atoms with E-state index in [0.717, 1.165) is 18.4 Å². The average molecular weight is 246 g/mol. The van der Waals surface area contributed by atoms with Crippen LogP contribution in [0.3, 0.4) is 0 Å². The van der Waals surface area contributed by atoms with Gasteiger partial charge in [0, 0.05) is 0 Å². The van der Waals surface area contributed by atoms with Gasteiger partial charge in [0.05, 0.1) is 6.61 Å². The Labute approximate surface area is 107 Å². The van der Waals surface area contributed by atoms with Gasteiger partial charge in [-0.2, -0.15) is 0 Å². The standard InChI is InChI=1S/C15H18O3/c1-2-3-4-8-11-17-15(16)14-13(18-14)12-9-6-5-7-10-12/h3-7,9-10,13-14H,2,8,11H2,1H3/b4-3+. The summed E-state index contributed by atoms with van der Waals surface area (Å²) in [5.74, 6) is -0.256. The quantitative estimate of drug-likeness (QED) is 0.335. The molecule has 2 unspecified atom stereocenters. The third-order valence-electron chi connectivity index (χ3n) is 2.78. The van der Waals surface area contributed by atoms with Crippen molar-refractivity contribution in [1.29, 1.82) is 0 Å². The molecule has 0 N–H and O–H groups in total. The summed E-state index contributed by atoms with van der Waals surface area (Å²) in [6.07, 6.45) is 5.33. The van der Waals surface area contributed by atoms with Crippen molar-refractivity contribution in [2.45, 2.75) is 32.0 Å². The molecule has 0 aliphatic carbocycles. The van der Waals surface area contributed by atoms with Crippen molar-refractivity contribution in [3.8, 4) is 0 Å². The third kappa shape index (κ3) is 3.44. The SMILES string of the molecule is CC/C=C/CCOC(=O)C1OC1c1ccccc1. The molecule has 2 rings (SSSR count). The molecule has 0 amide bonds. The summed E-state index contributed by atoms with van der Waals surface area (Å²) >= 11 is 0. The molecule has 1 aliphatic rings. The zero-order valence-electron chi connectivity index (χ0n) is 10.5. The van der Waals surface area contributed by atoms with Gasteiger partial charge in [0.15, 0.2) is 6.10 Å². The third-order valence-corrected chi connectivity index (χ3v) is 2.78. The van der Waals surface area contributed by atoms with Gasteiger partial charge in [0.1, 0.15) is 6.10 Å². The summed E-state index contributed by atoms with van der Waals surface area (Å²) in [4.78, 5) is 11.7. The number of ether oxygens (including phenoxy) is 2. The first kappa shape index (κ1) is 12.8. The van der Waals surface area contributed by atoms with Crippen molar-refractivity contribution in [2.75, 3.05) is 6.61 Å². The van der Waals surface area contributed by atoms with E-state index in [0.29, 0.717) is 6.61 Å². The van der Waals surface area contributed by atoms with Crippen LogP contribution in [0.5, 0.6) is 0 Å². The molecule has 2 atom stereocenters. The lowest BCUT2D eigenvalue weighted by atomic mass is 10.1. The summed E-state index contributed by atoms with van der Waals surface area (Å²) in [6.45, 7) is 2.50. The molecule has 0 spiro atoms. The molecule has 1 fully saturated rings. The van der Waals surface area contributed by atoms with E-state index < -0.39 is 6.10 Å². The van der Waals surface area contributed by atoms with Crippen LogP contribution in [-0.2, 0) is 14.3 Å². The topological polar surface area (TPSA) is 38.8 Å². The van der Waals surface area contributed by atoms with E-state index in [2.05, 4.69) is 13.0 Å². The summed E-state index contributed by atoms with van der Waals surface area (Å²) in [5, 5.41) is 0. The minimum Gasteiger partial charge on any atom is -0.463 e. The highest BCUT2D eigenvalue weighted by Gasteiger charge is 2.47. The van der Waals surface area contributed by atoms with E-state index in [4.69, 9.17) is 9.47 Å². The maximum Gasteiger partial charge on any atom is 0.338 e. The second-order valence-electron chi connectivity index (χ2n) is 4.22. The van der Waals surface area contributed by atoms with E-state index in [1.165, 1.54) is 0 Å². The monoisotopic (exact) mass is 246 g/mol. The maximum absolute atomic E-state index is 11.7. The molecule has 3 heteroatoms. The van der Waals surface area contributed by atoms with Crippen LogP contribution in [0.15, 0.2) is 42.5 Å². The number of epoxide rings is 1. The number of carbonyl (C=O) groups is 1. The largest absolute Gasteiger partial charge is 0.463 e. The summed E-state index contributed by atoms with van der Waals surface area (Å²) in [7, 11) is 0. The number of benzene rings is 1. The molecule has 96 valence electrons. The second-order valence-corrected chi connectivity index (χ2v) is 4.22. The van der Waals surface area contributed by atoms with E-state index >= 15 is 0 Å². The molecule has 1 saturated heterocycles. The predicted octanol–water partition coefficient (Wildman–Crippen LogP) is 3.03. The van der Waals surface area contributed by atoms with Crippen molar-refractivity contribution in [3.63, 3.8) is 0 Å². The van der Waals surface area contributed by atoms with Crippen LogP contribution in [0.4, 0.5) is 0 Å². The summed E-state index contributed by atoms with van der Waals surface area (Å²) in [5.41, 5.74) is 1.03. The first-order chi connectivity index (χ1) is 8.83. The molecule has 0 saturated carbocycles. The molecule has 18 heavy (non-hydrogen) atoms. The highest BCUT2D eigenvalue weighted by molar-refractivity contribution is 5.78. The fourth-order valence-electron chi connectivity index (χ4n) is 1.78. The zero-order chi connectivity index (χ0) is 12.8. The molecule has 0 radical (unpaired) electrons. The van der Waals surface area contributed by atoms with Gasteiger partial charge in [-0.25, -0.2) is 4.79 Å². The van der Waals surface area contributed by atoms with Crippen LogP contribution < -0.4 is 0 Å². The van der Waals surface area contributed by atoms with E-state index in [9.17, 15) is 4.79 Å². The van der Waals surface area contributed by atoms with Gasteiger partial charge >= 0.3 is 5.97 Å². The first-order valence-corrected chi connectivity index (χ1v) is 6.35. The number of allylic oxidation sites excluding steroid dienone is 1. The van der Waals surface area contributed by atoms with Gasteiger partial charge in [-0.1, -0.05) is 49.4 Å². The highest BCUT2D eigenvalue weighted by atomic mass is 16.6. The summed E-state index contributed by atoms with van der Waals surface area (Å²) < 4.78 is 10.5. The van der Waals surface area contributed by atoms with Crippen molar-refractivity contribution in [1.82, 2.24) is 0 Å². The fraction of sp³-hybridized carbons (Fsp3) is 0.400. The normalized spacial score (nSPS) is 22.1. The summed E-state index contributed by atoms with van der Waals surface area (Å²) in [6, 6.07) is 9.74. The molecule has 0 aromatic heterocycles. The Balaban J connectivity index is 1.71. The molecule has 1 aromatic rings. The number of hydrogen-bond acceptors (Lipinski definition) is 3. The highest BCUT2D eigenvalue weighted by Crippen LogP contribution is 2.39. The Morgan fingerprint density at radius 3 is 2.83 bits per heavy atom. The van der Waals surface area contributed by atoms with Crippen LogP contribution in [0, 0.1) is 0 Å². The average Bonchev–Trinajstić information content (AvgIpc) is 3.20. The molecule has 3 nitrogen and oxygen atoms in total. The first-order valence-electron chi connectivity index (χ1n) is 6.35. The lowest BCUT2D eigenvalue weighted by Gasteiger charge is -2.00. The Bertz CT molecular complexity index is 411. The van der Waals surface area contributed by atoms with Crippen LogP contribution in [0.25, 0.3) is 0 Å². The van der Waals surface area contributed by atoms with Crippen LogP contribution in [0.1, 0.15) is 31.4 Å². The second kappa shape index (κ2) is 6.36. The molecule has 1 heterocycles. The molecule has 1 aliphatic heterocycles. The van der Waals surface area contributed by atoms with Crippen LogP contribution in [-0.4, -0.2) is 18.7 Å². The van der Waals surface area contributed by atoms with Crippen LogP contribution in [0.2, 0.25) is 0 Å². The Hall–Kier alpha value is -1.61. The Morgan fingerprint density at radius 2 is 2.11 bits per heavy atom. The van der Waals surface area contributed by atoms with Crippen LogP contribution >= 0.6 is 0 Å². The minimum atomic E-state index is -0.414. The smallest absolute Gasteiger partial charge is 0.338 e. The van der Waals surface area contributed by atoms with Crippen molar-refractivity contribution in [3.05, 3.63) is 48.0 Å². The predicted molar refractivity (Wildman–Crippen MR) is 69.1 cm³/mol. The van der Waals surface area contributed by atoms with Gasteiger partial charge in [0.2, 0.25) is 0 Å². The van der Waals surface area contributed by atoms with Crippen molar-refractivity contribution >= 4 is 5.97 Å². The van der Waals surface area contributed by atoms with E-state index in [1.54, 1.807) is 0 Å². The Kier molecular flexibility index (Phi) is 4.53. The van der Waals surface area contributed by atoms with Crippen molar-refractivity contribution in [2.24, 2.45) is 0 Å². The number of rotatable bonds is 6. The minimum absolute atomic E-state index is 0.120. The number of carbonyl (C=O) groups excluding carboxylic acids is 1. The van der Waals surface area contributed by atoms with Gasteiger partial charge < -0.3 is 9.47 Å². The van der Waals surface area contributed by atoms with Gasteiger partial charge in [-0.3, -0.25) is 0 Å². The van der Waals surface area contributed by atoms with E-state index in [-0.39, 0.29) is 12.1 Å². The van der Waals surface area contributed by atoms with Crippen molar-refractivity contribution < 1.29 is 14.3 Å². The fourth-order valence-corrected chi connectivity index (χ4v) is 1.78. The van der Waals surface area contributed by atoms with E-state index in [1.807, 2.05) is 36.4 Å². The lowest BCUT2D eigenvalue weighted by Crippen LogP contribution is -2.12.